The predicted octanol–water partition coefficient (Wildman–Crippen LogP) is 7.84. The van der Waals surface area contributed by atoms with Crippen molar-refractivity contribution in [3.8, 4) is 0 Å². The molecule has 43 heavy (non-hydrogen) atoms. The van der Waals surface area contributed by atoms with E-state index >= 15 is 0 Å². The van der Waals surface area contributed by atoms with Gasteiger partial charge in [0.15, 0.2) is 0 Å². The molecule has 2 amide bonds. The molecular weight excluding hydrogens is 565 g/mol. The van der Waals surface area contributed by atoms with Gasteiger partial charge in [0.2, 0.25) is 8.32 Å². The van der Waals surface area contributed by atoms with E-state index in [9.17, 15) is 14.0 Å². The number of ether oxygens (including phenoxy) is 2. The Morgan fingerprint density at radius 2 is 1.79 bits per heavy atom. The summed E-state index contributed by atoms with van der Waals surface area (Å²) in [6, 6.07) is 13.4. The van der Waals surface area contributed by atoms with Crippen molar-refractivity contribution in [2.75, 3.05) is 13.1 Å². The number of halogens is 1. The minimum absolute atomic E-state index is 0.0486. The minimum atomic E-state index is -2.23. The highest BCUT2D eigenvalue weighted by Gasteiger charge is 2.44. The largest absolute Gasteiger partial charge is 0.545 e. The number of nitrogens with one attached hydrogen (secondary N) is 2. The summed E-state index contributed by atoms with van der Waals surface area (Å²) in [5.74, 6) is -0.0947. The highest BCUT2D eigenvalue weighted by molar-refractivity contribution is 6.74. The Bertz CT molecular complexity index is 1470. The summed E-state index contributed by atoms with van der Waals surface area (Å²) in [6.45, 7) is 16.8. The van der Waals surface area contributed by atoms with Gasteiger partial charge in [-0.2, -0.15) is 0 Å². The van der Waals surface area contributed by atoms with Crippen molar-refractivity contribution in [3.63, 3.8) is 0 Å². The fourth-order valence-electron chi connectivity index (χ4n) is 4.80. The second-order valence-corrected chi connectivity index (χ2v) is 18.3. The maximum atomic E-state index is 14.1. The number of hydrogen-bond donors (Lipinski definition) is 2. The van der Waals surface area contributed by atoms with Gasteiger partial charge in [-0.25, -0.2) is 14.0 Å². The molecule has 1 unspecified atom stereocenters. The molecule has 8 nitrogen and oxygen atoms in total. The van der Waals surface area contributed by atoms with Crippen molar-refractivity contribution in [1.82, 2.24) is 15.2 Å². The molecule has 1 aliphatic rings. The summed E-state index contributed by atoms with van der Waals surface area (Å²) in [6.07, 6.45) is 2.71. The Labute approximate surface area is 254 Å². The van der Waals surface area contributed by atoms with Crippen LogP contribution in [0.2, 0.25) is 18.1 Å². The Hall–Kier alpha value is -3.79. The fourth-order valence-corrected chi connectivity index (χ4v) is 5.90. The lowest BCUT2D eigenvalue weighted by Gasteiger charge is -2.37. The number of hydrogen-bond acceptors (Lipinski definition) is 5. The monoisotopic (exact) mass is 609 g/mol. The summed E-state index contributed by atoms with van der Waals surface area (Å²) in [4.78, 5) is 31.3. The summed E-state index contributed by atoms with van der Waals surface area (Å²) < 4.78 is 32.0. The average Bonchev–Trinajstić information content (AvgIpc) is 3.50. The van der Waals surface area contributed by atoms with Crippen LogP contribution in [0, 0.1) is 5.82 Å². The molecule has 2 atom stereocenters. The van der Waals surface area contributed by atoms with Gasteiger partial charge in [0.25, 0.3) is 0 Å². The molecule has 2 heterocycles. The quantitative estimate of drug-likeness (QED) is 0.254. The maximum Gasteiger partial charge on any atom is 0.411 e. The first-order valence-corrected chi connectivity index (χ1v) is 17.6. The number of carbonyl (C=O) groups excluding carboxylic acids is 2. The van der Waals surface area contributed by atoms with Crippen molar-refractivity contribution >= 4 is 31.4 Å². The predicted molar refractivity (Wildman–Crippen MR) is 169 cm³/mol. The number of aromatic amines is 1. The van der Waals surface area contributed by atoms with Gasteiger partial charge in [-0.15, -0.1) is 0 Å². The van der Waals surface area contributed by atoms with Crippen molar-refractivity contribution in [2.45, 2.75) is 83.8 Å². The van der Waals surface area contributed by atoms with Gasteiger partial charge in [0.1, 0.15) is 18.0 Å². The molecule has 0 bridgehead atoms. The number of amides is 2. The zero-order chi connectivity index (χ0) is 31.6. The van der Waals surface area contributed by atoms with Crippen molar-refractivity contribution in [1.29, 1.82) is 0 Å². The number of benzene rings is 2. The Morgan fingerprint density at radius 3 is 2.44 bits per heavy atom. The summed E-state index contributed by atoms with van der Waals surface area (Å²) in [5.41, 5.74) is 1.60. The Morgan fingerprint density at radius 1 is 1.09 bits per heavy atom. The number of rotatable bonds is 8. The molecule has 3 aromatic rings. The number of H-pyrrole nitrogens is 1. The first kappa shape index (κ1) is 32.1. The van der Waals surface area contributed by atoms with Crippen LogP contribution in [0.5, 0.6) is 0 Å². The molecule has 0 spiro atoms. The smallest absolute Gasteiger partial charge is 0.411 e. The number of fused-ring (bicyclic) bond motifs is 1. The lowest BCUT2D eigenvalue weighted by molar-refractivity contribution is 0.0212. The molecule has 2 N–H and O–H groups in total. The van der Waals surface area contributed by atoms with E-state index in [4.69, 9.17) is 13.9 Å². The van der Waals surface area contributed by atoms with Crippen molar-refractivity contribution in [2.24, 2.45) is 0 Å². The molecular formula is C33H44FN3O5Si. The lowest BCUT2D eigenvalue weighted by Crippen LogP contribution is -2.46. The van der Waals surface area contributed by atoms with Crippen molar-refractivity contribution in [3.05, 3.63) is 83.5 Å². The molecule has 0 saturated carbocycles. The number of aromatic nitrogens is 1. The van der Waals surface area contributed by atoms with Crippen LogP contribution < -0.4 is 5.32 Å². The van der Waals surface area contributed by atoms with Crippen LogP contribution >= 0.6 is 0 Å². The number of nitrogens with zero attached hydrogens (tertiary/aromatic N) is 1. The van der Waals surface area contributed by atoms with Gasteiger partial charge in [0, 0.05) is 29.6 Å². The number of alkyl carbamates (subject to hydrolysis) is 1. The molecule has 0 aliphatic carbocycles. The first-order valence-electron chi connectivity index (χ1n) is 14.6. The standard InChI is InChI=1S/C33H44FN3O5Si/c1-32(2,3)41-31(39)37-20-24(42-43(7,8)33(4,5)6)17-29(37)27(26-18-35-28-16-23(34)14-15-25(26)28)19-36-30(38)40-21-22-12-10-9-11-13-22/h9-18,27,29,35H,19-21H2,1-8H3,(H,36,38)/t27-,29?/m1/s1. The zero-order valence-electron chi connectivity index (χ0n) is 26.4. The van der Waals surface area contributed by atoms with Gasteiger partial charge in [-0.05, 0) is 74.3 Å². The van der Waals surface area contributed by atoms with Crippen LogP contribution in [-0.4, -0.2) is 55.1 Å². The fraction of sp³-hybridized carbons (Fsp3) is 0.455. The van der Waals surface area contributed by atoms with E-state index in [-0.39, 0.29) is 30.6 Å². The van der Waals surface area contributed by atoms with E-state index in [1.807, 2.05) is 57.2 Å². The van der Waals surface area contributed by atoms with Gasteiger partial charge >= 0.3 is 12.2 Å². The second-order valence-electron chi connectivity index (χ2n) is 13.6. The van der Waals surface area contributed by atoms with Crippen LogP contribution in [-0.2, 0) is 20.5 Å². The molecule has 1 aromatic heterocycles. The molecule has 4 rings (SSSR count). The average molecular weight is 610 g/mol. The van der Waals surface area contributed by atoms with Crippen LogP contribution in [0.1, 0.15) is 58.6 Å². The zero-order valence-corrected chi connectivity index (χ0v) is 27.4. The van der Waals surface area contributed by atoms with Gasteiger partial charge in [0.05, 0.1) is 18.3 Å². The Kier molecular flexibility index (Phi) is 9.29. The van der Waals surface area contributed by atoms with Crippen LogP contribution in [0.4, 0.5) is 14.0 Å². The molecule has 232 valence electrons. The third-order valence-corrected chi connectivity index (χ3v) is 12.4. The maximum absolute atomic E-state index is 14.1. The van der Waals surface area contributed by atoms with Gasteiger partial charge < -0.3 is 24.2 Å². The van der Waals surface area contributed by atoms with E-state index in [0.717, 1.165) is 16.5 Å². The molecule has 2 aromatic carbocycles. The third-order valence-electron chi connectivity index (χ3n) is 8.03. The number of carbonyl (C=O) groups is 2. The minimum Gasteiger partial charge on any atom is -0.545 e. The van der Waals surface area contributed by atoms with E-state index in [0.29, 0.717) is 11.3 Å². The van der Waals surface area contributed by atoms with Crippen molar-refractivity contribution < 1.29 is 27.9 Å². The van der Waals surface area contributed by atoms with Crippen LogP contribution in [0.25, 0.3) is 10.9 Å². The third kappa shape index (κ3) is 7.98. The van der Waals surface area contributed by atoms with Gasteiger partial charge in [-0.3, -0.25) is 4.90 Å². The van der Waals surface area contributed by atoms with E-state index in [1.54, 1.807) is 17.2 Å². The van der Waals surface area contributed by atoms with E-state index in [1.165, 1.54) is 12.1 Å². The van der Waals surface area contributed by atoms with Crippen LogP contribution in [0.3, 0.4) is 0 Å². The highest BCUT2D eigenvalue weighted by atomic mass is 28.4. The molecule has 0 saturated heterocycles. The summed E-state index contributed by atoms with van der Waals surface area (Å²) >= 11 is 0. The van der Waals surface area contributed by atoms with E-state index in [2.05, 4.69) is 44.2 Å². The van der Waals surface area contributed by atoms with Gasteiger partial charge in [-0.1, -0.05) is 51.1 Å². The second kappa shape index (κ2) is 12.4. The topological polar surface area (TPSA) is 92.9 Å². The summed E-state index contributed by atoms with van der Waals surface area (Å²) in [5, 5.41) is 3.65. The Balaban J connectivity index is 1.69. The normalized spacial score (nSPS) is 16.5. The lowest BCUT2D eigenvalue weighted by atomic mass is 9.90. The first-order chi connectivity index (χ1) is 20.0. The molecule has 0 fully saturated rings. The SMILES string of the molecule is CC(C)(C)OC(=O)N1CC(O[Si](C)(C)C(C)(C)C)=CC1[C@H](CNC(=O)OCc1ccccc1)c1c[nH]c2cc(F)ccc12. The summed E-state index contributed by atoms with van der Waals surface area (Å²) in [7, 11) is -2.23. The van der Waals surface area contributed by atoms with Crippen LogP contribution in [0.15, 0.2) is 66.6 Å². The van der Waals surface area contributed by atoms with E-state index < -0.39 is 38.1 Å². The highest BCUT2D eigenvalue weighted by Crippen LogP contribution is 2.41. The molecule has 0 radical (unpaired) electrons. The molecule has 10 heteroatoms. The molecule has 1 aliphatic heterocycles.